The summed E-state index contributed by atoms with van der Waals surface area (Å²) < 4.78 is 27.5. The van der Waals surface area contributed by atoms with Gasteiger partial charge < -0.3 is 10.2 Å². The molecular weight excluding hydrogens is 272 g/mol. The summed E-state index contributed by atoms with van der Waals surface area (Å²) in [7, 11) is 3.71. The van der Waals surface area contributed by atoms with Crippen LogP contribution < -0.4 is 5.32 Å². The largest absolute Gasteiger partial charge is 0.353 e. The van der Waals surface area contributed by atoms with Gasteiger partial charge in [-0.05, 0) is 25.0 Å². The first-order chi connectivity index (χ1) is 10.1. The number of rotatable bonds is 5. The smallest absolute Gasteiger partial charge is 0.193 e. The van der Waals surface area contributed by atoms with Crippen LogP contribution in [0.15, 0.2) is 23.2 Å². The molecule has 0 spiro atoms. The SMILES string of the molecule is CCCCN(C)C(=NC)NC1CC1c1c(F)cccc1F. The molecule has 1 aromatic rings. The summed E-state index contributed by atoms with van der Waals surface area (Å²) in [5.74, 6) is -0.243. The molecule has 0 saturated heterocycles. The van der Waals surface area contributed by atoms with Crippen LogP contribution in [0.3, 0.4) is 0 Å². The number of nitrogens with zero attached hydrogens (tertiary/aromatic N) is 2. The van der Waals surface area contributed by atoms with Crippen molar-refractivity contribution in [3.8, 4) is 0 Å². The van der Waals surface area contributed by atoms with E-state index < -0.39 is 11.6 Å². The van der Waals surface area contributed by atoms with Crippen LogP contribution in [-0.2, 0) is 0 Å². The number of nitrogens with one attached hydrogen (secondary N) is 1. The minimum atomic E-state index is -0.460. The van der Waals surface area contributed by atoms with Crippen molar-refractivity contribution >= 4 is 5.96 Å². The van der Waals surface area contributed by atoms with Gasteiger partial charge in [-0.25, -0.2) is 8.78 Å². The van der Waals surface area contributed by atoms with Gasteiger partial charge in [0.05, 0.1) is 0 Å². The number of hydrogen-bond donors (Lipinski definition) is 1. The maximum Gasteiger partial charge on any atom is 0.193 e. The van der Waals surface area contributed by atoms with Crippen LogP contribution in [0, 0.1) is 11.6 Å². The molecule has 3 nitrogen and oxygen atoms in total. The van der Waals surface area contributed by atoms with Crippen LogP contribution in [-0.4, -0.2) is 37.5 Å². The number of halogens is 2. The molecule has 116 valence electrons. The van der Waals surface area contributed by atoms with Gasteiger partial charge in [-0.15, -0.1) is 0 Å². The summed E-state index contributed by atoms with van der Waals surface area (Å²) in [6.45, 7) is 3.06. The summed E-state index contributed by atoms with van der Waals surface area (Å²) >= 11 is 0. The molecule has 1 N–H and O–H groups in total. The molecule has 0 aromatic heterocycles. The Morgan fingerprint density at radius 3 is 2.62 bits per heavy atom. The fourth-order valence-corrected chi connectivity index (χ4v) is 2.55. The maximum atomic E-state index is 13.8. The molecule has 1 saturated carbocycles. The van der Waals surface area contributed by atoms with Crippen molar-refractivity contribution in [2.24, 2.45) is 4.99 Å². The van der Waals surface area contributed by atoms with Crippen molar-refractivity contribution in [3.63, 3.8) is 0 Å². The molecule has 21 heavy (non-hydrogen) atoms. The molecule has 0 aliphatic heterocycles. The van der Waals surface area contributed by atoms with E-state index in [0.29, 0.717) is 0 Å². The normalized spacial score (nSPS) is 21.3. The molecule has 1 aliphatic rings. The Balaban J connectivity index is 1.97. The molecule has 0 amide bonds. The maximum absolute atomic E-state index is 13.8. The second-order valence-electron chi connectivity index (χ2n) is 5.55. The summed E-state index contributed by atoms with van der Waals surface area (Å²) in [6.07, 6.45) is 2.94. The van der Waals surface area contributed by atoms with E-state index in [1.165, 1.54) is 18.2 Å². The predicted molar refractivity (Wildman–Crippen MR) is 81.5 cm³/mol. The van der Waals surface area contributed by atoms with Crippen molar-refractivity contribution < 1.29 is 8.78 Å². The van der Waals surface area contributed by atoms with Crippen molar-refractivity contribution in [2.45, 2.75) is 38.1 Å². The third kappa shape index (κ3) is 3.71. The van der Waals surface area contributed by atoms with E-state index >= 15 is 0 Å². The molecule has 0 heterocycles. The minimum absolute atomic E-state index is 0.0548. The highest BCUT2D eigenvalue weighted by Crippen LogP contribution is 2.43. The Kier molecular flexibility index (Phi) is 5.15. The lowest BCUT2D eigenvalue weighted by atomic mass is 10.1. The fraction of sp³-hybridized carbons (Fsp3) is 0.562. The van der Waals surface area contributed by atoms with Gasteiger partial charge >= 0.3 is 0 Å². The van der Waals surface area contributed by atoms with Crippen molar-refractivity contribution in [3.05, 3.63) is 35.4 Å². The number of aliphatic imine (C=N–C) groups is 1. The molecule has 2 atom stereocenters. The van der Waals surface area contributed by atoms with Gasteiger partial charge in [-0.3, -0.25) is 4.99 Å². The van der Waals surface area contributed by atoms with Crippen molar-refractivity contribution in [2.75, 3.05) is 20.6 Å². The number of benzene rings is 1. The topological polar surface area (TPSA) is 27.6 Å². The van der Waals surface area contributed by atoms with Crippen LogP contribution in [0.1, 0.15) is 37.7 Å². The van der Waals surface area contributed by atoms with Crippen LogP contribution >= 0.6 is 0 Å². The molecule has 1 fully saturated rings. The van der Waals surface area contributed by atoms with E-state index in [1.54, 1.807) is 7.05 Å². The Hall–Kier alpha value is -1.65. The summed E-state index contributed by atoms with van der Waals surface area (Å²) in [5, 5.41) is 3.29. The van der Waals surface area contributed by atoms with Gasteiger partial charge in [-0.1, -0.05) is 19.4 Å². The van der Waals surface area contributed by atoms with Crippen LogP contribution in [0.25, 0.3) is 0 Å². The van der Waals surface area contributed by atoms with Crippen LogP contribution in [0.5, 0.6) is 0 Å². The first-order valence-electron chi connectivity index (χ1n) is 7.46. The van der Waals surface area contributed by atoms with Gasteiger partial charge in [0.25, 0.3) is 0 Å². The number of hydrogen-bond acceptors (Lipinski definition) is 1. The zero-order valence-corrected chi connectivity index (χ0v) is 12.9. The average molecular weight is 295 g/mol. The zero-order valence-electron chi connectivity index (χ0n) is 12.9. The van der Waals surface area contributed by atoms with E-state index in [9.17, 15) is 8.78 Å². The first-order valence-corrected chi connectivity index (χ1v) is 7.46. The van der Waals surface area contributed by atoms with Crippen LogP contribution in [0.2, 0.25) is 0 Å². The predicted octanol–water partition coefficient (Wildman–Crippen LogP) is 3.13. The van der Waals surface area contributed by atoms with E-state index in [4.69, 9.17) is 0 Å². The van der Waals surface area contributed by atoms with Gasteiger partial charge in [0, 0.05) is 38.2 Å². The molecule has 2 unspecified atom stereocenters. The van der Waals surface area contributed by atoms with E-state index in [-0.39, 0.29) is 17.5 Å². The number of guanidine groups is 1. The lowest BCUT2D eigenvalue weighted by Crippen LogP contribution is -2.40. The monoisotopic (exact) mass is 295 g/mol. The molecule has 2 rings (SSSR count). The Morgan fingerprint density at radius 1 is 1.38 bits per heavy atom. The Morgan fingerprint density at radius 2 is 2.05 bits per heavy atom. The molecule has 0 bridgehead atoms. The summed E-state index contributed by atoms with van der Waals surface area (Å²) in [4.78, 5) is 6.29. The minimum Gasteiger partial charge on any atom is -0.353 e. The lowest BCUT2D eigenvalue weighted by Gasteiger charge is -2.22. The van der Waals surface area contributed by atoms with Crippen LogP contribution in [0.4, 0.5) is 8.78 Å². The van der Waals surface area contributed by atoms with Gasteiger partial charge in [-0.2, -0.15) is 0 Å². The molecule has 1 aromatic carbocycles. The Bertz CT molecular complexity index is 496. The van der Waals surface area contributed by atoms with Gasteiger partial charge in [0.15, 0.2) is 5.96 Å². The fourth-order valence-electron chi connectivity index (χ4n) is 2.55. The third-order valence-corrected chi connectivity index (χ3v) is 3.90. The summed E-state index contributed by atoms with van der Waals surface area (Å²) in [5.41, 5.74) is 0.196. The molecule has 5 heteroatoms. The average Bonchev–Trinajstić information content (AvgIpc) is 3.21. The van der Waals surface area contributed by atoms with E-state index in [2.05, 4.69) is 22.1 Å². The molecular formula is C16H23F2N3. The lowest BCUT2D eigenvalue weighted by molar-refractivity contribution is 0.463. The first kappa shape index (κ1) is 15.7. The van der Waals surface area contributed by atoms with E-state index in [1.807, 2.05) is 7.05 Å². The van der Waals surface area contributed by atoms with Crippen molar-refractivity contribution in [1.29, 1.82) is 0 Å². The standard InChI is InChI=1S/C16H23F2N3/c1-4-5-9-21(3)16(19-2)20-14-10-11(14)15-12(17)7-6-8-13(15)18/h6-8,11,14H,4-5,9-10H2,1-3H3,(H,19,20). The highest BCUT2D eigenvalue weighted by molar-refractivity contribution is 5.80. The zero-order chi connectivity index (χ0) is 15.4. The second kappa shape index (κ2) is 6.87. The quantitative estimate of drug-likeness (QED) is 0.667. The highest BCUT2D eigenvalue weighted by Gasteiger charge is 2.42. The van der Waals surface area contributed by atoms with Gasteiger partial charge in [0.2, 0.25) is 0 Å². The third-order valence-electron chi connectivity index (χ3n) is 3.90. The second-order valence-corrected chi connectivity index (χ2v) is 5.55. The summed E-state index contributed by atoms with van der Waals surface area (Å²) in [6, 6.07) is 4.08. The number of unbranched alkanes of at least 4 members (excludes halogenated alkanes) is 1. The Labute approximate surface area is 125 Å². The van der Waals surface area contributed by atoms with Gasteiger partial charge in [0.1, 0.15) is 11.6 Å². The van der Waals surface area contributed by atoms with E-state index in [0.717, 1.165) is 31.8 Å². The van der Waals surface area contributed by atoms with Crippen molar-refractivity contribution in [1.82, 2.24) is 10.2 Å². The molecule has 0 radical (unpaired) electrons. The highest BCUT2D eigenvalue weighted by atomic mass is 19.1. The molecule has 1 aliphatic carbocycles.